The van der Waals surface area contributed by atoms with Gasteiger partial charge < -0.3 is 5.11 Å². The molecule has 0 spiro atoms. The van der Waals surface area contributed by atoms with Crippen LogP contribution < -0.4 is 4.90 Å². The van der Waals surface area contributed by atoms with Crippen molar-refractivity contribution in [3.05, 3.63) is 65.4 Å². The van der Waals surface area contributed by atoms with E-state index in [1.54, 1.807) is 4.57 Å². The molecule has 1 saturated heterocycles. The summed E-state index contributed by atoms with van der Waals surface area (Å²) < 4.78 is 1.66. The van der Waals surface area contributed by atoms with Crippen LogP contribution in [0.5, 0.6) is 0 Å². The third-order valence-corrected chi connectivity index (χ3v) is 6.17. The van der Waals surface area contributed by atoms with Crippen LogP contribution in [-0.4, -0.2) is 33.4 Å². The molecule has 7 nitrogen and oxygen atoms in total. The predicted molar refractivity (Wildman–Crippen MR) is 109 cm³/mol. The highest BCUT2D eigenvalue weighted by atomic mass is 16.4. The number of carbonyl (C=O) groups excluding carboxylic acids is 3. The summed E-state index contributed by atoms with van der Waals surface area (Å²) in [5, 5.41) is 10.0. The van der Waals surface area contributed by atoms with Gasteiger partial charge in [-0.1, -0.05) is 18.2 Å². The van der Waals surface area contributed by atoms with Gasteiger partial charge in [0.1, 0.15) is 0 Å². The molecule has 1 aliphatic carbocycles. The molecule has 2 unspecified atom stereocenters. The van der Waals surface area contributed by atoms with Gasteiger partial charge in [-0.2, -0.15) is 0 Å². The van der Waals surface area contributed by atoms with E-state index in [0.717, 1.165) is 27.1 Å². The molecule has 2 heterocycles. The zero-order chi connectivity index (χ0) is 21.2. The summed E-state index contributed by atoms with van der Waals surface area (Å²) in [5.74, 6) is -2.80. The number of imide groups is 1. The van der Waals surface area contributed by atoms with E-state index in [4.69, 9.17) is 5.11 Å². The maximum Gasteiger partial charge on any atom is 0.335 e. The summed E-state index contributed by atoms with van der Waals surface area (Å²) in [5.41, 5.74) is 3.01. The second-order valence-corrected chi connectivity index (χ2v) is 7.78. The number of carboxylic acid groups (broad SMARTS) is 1. The van der Waals surface area contributed by atoms with E-state index in [1.807, 2.05) is 24.3 Å². The highest BCUT2D eigenvalue weighted by Gasteiger charge is 2.51. The Hall–Kier alpha value is -3.74. The molecular formula is C23H18N2O5. The lowest BCUT2D eigenvalue weighted by Crippen LogP contribution is -2.31. The molecular weight excluding hydrogens is 384 g/mol. The van der Waals surface area contributed by atoms with Gasteiger partial charge in [-0.15, -0.1) is 0 Å². The normalized spacial score (nSPS) is 20.4. The lowest BCUT2D eigenvalue weighted by molar-refractivity contribution is -0.122. The molecule has 1 aromatic heterocycles. The van der Waals surface area contributed by atoms with Crippen molar-refractivity contribution >= 4 is 40.3 Å². The van der Waals surface area contributed by atoms with Crippen molar-refractivity contribution in [2.45, 2.75) is 19.8 Å². The fraction of sp³-hybridized carbons (Fsp3) is 0.217. The molecule has 1 N–H and O–H groups in total. The molecule has 3 aromatic rings. The first kappa shape index (κ1) is 18.3. The van der Waals surface area contributed by atoms with Crippen molar-refractivity contribution in [2.75, 3.05) is 4.90 Å². The number of carbonyl (C=O) groups is 4. The van der Waals surface area contributed by atoms with Crippen molar-refractivity contribution in [3.8, 4) is 0 Å². The maximum atomic E-state index is 13.2. The molecule has 150 valence electrons. The van der Waals surface area contributed by atoms with Gasteiger partial charge in [0.2, 0.25) is 17.7 Å². The Labute approximate surface area is 171 Å². The number of hydrogen-bond donors (Lipinski definition) is 1. The van der Waals surface area contributed by atoms with Crippen molar-refractivity contribution in [1.82, 2.24) is 4.57 Å². The van der Waals surface area contributed by atoms with Crippen LogP contribution in [-0.2, 0) is 22.4 Å². The fourth-order valence-electron chi connectivity index (χ4n) is 4.84. The first-order valence-corrected chi connectivity index (χ1v) is 9.71. The van der Waals surface area contributed by atoms with Gasteiger partial charge >= 0.3 is 5.97 Å². The van der Waals surface area contributed by atoms with E-state index in [1.165, 1.54) is 31.2 Å². The Morgan fingerprint density at radius 2 is 1.57 bits per heavy atom. The van der Waals surface area contributed by atoms with Crippen molar-refractivity contribution in [1.29, 1.82) is 0 Å². The summed E-state index contributed by atoms with van der Waals surface area (Å²) in [4.78, 5) is 50.9. The van der Waals surface area contributed by atoms with E-state index < -0.39 is 17.8 Å². The molecule has 30 heavy (non-hydrogen) atoms. The Morgan fingerprint density at radius 3 is 2.20 bits per heavy atom. The Balaban J connectivity index is 1.56. The summed E-state index contributed by atoms with van der Waals surface area (Å²) in [6, 6.07) is 13.3. The predicted octanol–water partition coefficient (Wildman–Crippen LogP) is 2.90. The van der Waals surface area contributed by atoms with Gasteiger partial charge in [-0.05, 0) is 42.3 Å². The highest BCUT2D eigenvalue weighted by Crippen LogP contribution is 2.42. The molecule has 1 fully saturated rings. The fourth-order valence-corrected chi connectivity index (χ4v) is 4.84. The zero-order valence-corrected chi connectivity index (χ0v) is 16.2. The average Bonchev–Trinajstić information content (AvgIpc) is 3.18. The molecule has 5 rings (SSSR count). The van der Waals surface area contributed by atoms with E-state index in [9.17, 15) is 19.2 Å². The smallest absolute Gasteiger partial charge is 0.335 e. The van der Waals surface area contributed by atoms with Crippen LogP contribution in [0.1, 0.15) is 33.3 Å². The standard InChI is InChI=1S/C23H18N2O5/c1-12(26)24-19-5-3-2-4-15(19)16-10-17-18(11-20(16)24)22(28)25(21(17)27)14-8-6-13(7-9-14)23(29)30/h2-9,17-18H,10-11H2,1H3,(H,29,30). The second-order valence-electron chi connectivity index (χ2n) is 7.78. The number of carboxylic acids is 1. The van der Waals surface area contributed by atoms with Crippen molar-refractivity contribution in [2.24, 2.45) is 11.8 Å². The number of anilines is 1. The molecule has 1 aliphatic heterocycles. The third-order valence-electron chi connectivity index (χ3n) is 6.17. The van der Waals surface area contributed by atoms with E-state index >= 15 is 0 Å². The number of aromatic nitrogens is 1. The van der Waals surface area contributed by atoms with Crippen molar-refractivity contribution in [3.63, 3.8) is 0 Å². The minimum absolute atomic E-state index is 0.0876. The van der Waals surface area contributed by atoms with Crippen LogP contribution in [0.25, 0.3) is 10.9 Å². The van der Waals surface area contributed by atoms with Gasteiger partial charge in [-0.25, -0.2) is 4.79 Å². The zero-order valence-electron chi connectivity index (χ0n) is 16.2. The van der Waals surface area contributed by atoms with Crippen LogP contribution in [0.2, 0.25) is 0 Å². The van der Waals surface area contributed by atoms with E-state index in [0.29, 0.717) is 18.5 Å². The lowest BCUT2D eigenvalue weighted by atomic mass is 9.79. The molecule has 0 radical (unpaired) electrons. The lowest BCUT2D eigenvalue weighted by Gasteiger charge is -2.23. The number of nitrogens with zero attached hydrogens (tertiary/aromatic N) is 2. The summed E-state index contributed by atoms with van der Waals surface area (Å²) in [6.07, 6.45) is 0.720. The molecule has 2 amide bonds. The number of aromatic carboxylic acids is 1. The van der Waals surface area contributed by atoms with Crippen LogP contribution in [0.3, 0.4) is 0 Å². The van der Waals surface area contributed by atoms with E-state index in [-0.39, 0.29) is 23.3 Å². The topological polar surface area (TPSA) is 96.7 Å². The largest absolute Gasteiger partial charge is 0.478 e. The molecule has 7 heteroatoms. The SMILES string of the molecule is CC(=O)n1c2c(c3ccccc31)CC1C(=O)N(c3ccc(C(=O)O)cc3)C(=O)C1C2. The number of benzene rings is 2. The first-order chi connectivity index (χ1) is 14.4. The monoisotopic (exact) mass is 402 g/mol. The van der Waals surface area contributed by atoms with Crippen molar-refractivity contribution < 1.29 is 24.3 Å². The Bertz CT molecular complexity index is 1250. The molecule has 0 bridgehead atoms. The average molecular weight is 402 g/mol. The van der Waals surface area contributed by atoms with Gasteiger partial charge in [0.25, 0.3) is 0 Å². The highest BCUT2D eigenvalue weighted by molar-refractivity contribution is 6.22. The number of para-hydroxylation sites is 1. The molecule has 0 saturated carbocycles. The molecule has 2 atom stereocenters. The third kappa shape index (κ3) is 2.45. The van der Waals surface area contributed by atoms with Gasteiger partial charge in [0.15, 0.2) is 0 Å². The first-order valence-electron chi connectivity index (χ1n) is 9.71. The van der Waals surface area contributed by atoms with Crippen LogP contribution in [0, 0.1) is 11.8 Å². The quantitative estimate of drug-likeness (QED) is 0.665. The number of amides is 2. The van der Waals surface area contributed by atoms with E-state index in [2.05, 4.69) is 0 Å². The second kappa shape index (κ2) is 6.38. The number of fused-ring (bicyclic) bond motifs is 4. The number of hydrogen-bond acceptors (Lipinski definition) is 4. The van der Waals surface area contributed by atoms with Crippen LogP contribution in [0.15, 0.2) is 48.5 Å². The summed E-state index contributed by atoms with van der Waals surface area (Å²) in [6.45, 7) is 1.50. The van der Waals surface area contributed by atoms with Gasteiger partial charge in [-0.3, -0.25) is 23.9 Å². The van der Waals surface area contributed by atoms with Crippen LogP contribution >= 0.6 is 0 Å². The minimum atomic E-state index is -1.07. The van der Waals surface area contributed by atoms with Crippen LogP contribution in [0.4, 0.5) is 5.69 Å². The molecule has 2 aromatic carbocycles. The summed E-state index contributed by atoms with van der Waals surface area (Å²) in [7, 11) is 0. The van der Waals surface area contributed by atoms with Gasteiger partial charge in [0.05, 0.1) is 28.6 Å². The Kier molecular flexibility index (Phi) is 3.89. The number of rotatable bonds is 2. The summed E-state index contributed by atoms with van der Waals surface area (Å²) >= 11 is 0. The van der Waals surface area contributed by atoms with Gasteiger partial charge in [0, 0.05) is 24.4 Å². The molecule has 2 aliphatic rings. The minimum Gasteiger partial charge on any atom is -0.478 e. The Morgan fingerprint density at radius 1 is 0.933 bits per heavy atom. The maximum absolute atomic E-state index is 13.2.